The zero-order chi connectivity index (χ0) is 18.8. The Bertz CT molecular complexity index is 797. The molecule has 0 spiro atoms. The summed E-state index contributed by atoms with van der Waals surface area (Å²) in [5.74, 6) is 0.476. The third-order valence-corrected chi connectivity index (χ3v) is 6.81. The highest BCUT2D eigenvalue weighted by Crippen LogP contribution is 2.37. The zero-order valence-electron chi connectivity index (χ0n) is 15.8. The number of benzene rings is 2. The summed E-state index contributed by atoms with van der Waals surface area (Å²) in [5, 5.41) is 0.520. The second-order valence-electron chi connectivity index (χ2n) is 7.61. The molecule has 27 heavy (non-hydrogen) atoms. The summed E-state index contributed by atoms with van der Waals surface area (Å²) in [6, 6.07) is 18.8. The number of nitrogens with two attached hydrogens (primary N) is 1. The van der Waals surface area contributed by atoms with Gasteiger partial charge in [0, 0.05) is 41.7 Å². The van der Waals surface area contributed by atoms with Crippen LogP contribution < -0.4 is 10.6 Å². The van der Waals surface area contributed by atoms with Gasteiger partial charge in [0.25, 0.3) is 0 Å². The highest BCUT2D eigenvalue weighted by Gasteiger charge is 2.33. The maximum atomic E-state index is 13.2. The van der Waals surface area contributed by atoms with E-state index < -0.39 is 0 Å². The smallest absolute Gasteiger partial charge is 0.241 e. The molecule has 2 heterocycles. The van der Waals surface area contributed by atoms with Crippen molar-refractivity contribution >= 4 is 23.4 Å². The molecule has 2 N–H and O–H groups in total. The molecule has 4 rings (SSSR count). The Hall–Kier alpha value is -1.82. The van der Waals surface area contributed by atoms with Gasteiger partial charge >= 0.3 is 0 Å². The largest absolute Gasteiger partial charge is 0.326 e. The monoisotopic (exact) mass is 381 g/mol. The molecule has 142 valence electrons. The summed E-state index contributed by atoms with van der Waals surface area (Å²) < 4.78 is 0. The second-order valence-corrected chi connectivity index (χ2v) is 9.09. The Morgan fingerprint density at radius 1 is 1.11 bits per heavy atom. The number of fused-ring (bicyclic) bond motifs is 1. The lowest BCUT2D eigenvalue weighted by atomic mass is 9.95. The van der Waals surface area contributed by atoms with Crippen LogP contribution in [0.3, 0.4) is 0 Å². The van der Waals surface area contributed by atoms with Crippen molar-refractivity contribution in [1.29, 1.82) is 0 Å². The van der Waals surface area contributed by atoms with Crippen LogP contribution in [0.15, 0.2) is 59.5 Å². The molecule has 1 fully saturated rings. The van der Waals surface area contributed by atoms with E-state index in [4.69, 9.17) is 5.73 Å². The number of carbonyl (C=O) groups is 1. The lowest BCUT2D eigenvalue weighted by Crippen LogP contribution is -2.41. The Morgan fingerprint density at radius 3 is 2.67 bits per heavy atom. The summed E-state index contributed by atoms with van der Waals surface area (Å²) in [7, 11) is 0. The molecule has 0 saturated carbocycles. The number of rotatable bonds is 3. The summed E-state index contributed by atoms with van der Waals surface area (Å²) in [4.78, 5) is 18.6. The first kappa shape index (κ1) is 18.5. The first-order valence-corrected chi connectivity index (χ1v) is 10.6. The van der Waals surface area contributed by atoms with Crippen LogP contribution in [-0.2, 0) is 4.79 Å². The van der Waals surface area contributed by atoms with Crippen molar-refractivity contribution in [1.82, 2.24) is 4.90 Å². The summed E-state index contributed by atoms with van der Waals surface area (Å²) in [5.41, 5.74) is 8.73. The molecule has 3 atom stereocenters. The minimum Gasteiger partial charge on any atom is -0.326 e. The fraction of sp³-hybridized carbons (Fsp3) is 0.409. The van der Waals surface area contributed by atoms with Crippen molar-refractivity contribution in [2.45, 2.75) is 35.4 Å². The van der Waals surface area contributed by atoms with Gasteiger partial charge in [-0.2, -0.15) is 0 Å². The molecule has 2 aromatic carbocycles. The number of nitrogens with zero attached hydrogens (tertiary/aromatic N) is 2. The minimum absolute atomic E-state index is 0.0761. The lowest BCUT2D eigenvalue weighted by Gasteiger charge is -2.25. The van der Waals surface area contributed by atoms with Crippen molar-refractivity contribution < 1.29 is 4.79 Å². The van der Waals surface area contributed by atoms with Crippen LogP contribution in [0.4, 0.5) is 5.69 Å². The predicted octanol–water partition coefficient (Wildman–Crippen LogP) is 3.33. The number of hydrogen-bond acceptors (Lipinski definition) is 4. The fourth-order valence-electron chi connectivity index (χ4n) is 4.12. The SMILES string of the molecule is CC1CCN(C(=O)CN2C[C@@H](N)[C@H](c3ccccc3)C2)c2ccccc2S1. The summed E-state index contributed by atoms with van der Waals surface area (Å²) in [6.07, 6.45) is 1.01. The number of thioether (sulfide) groups is 1. The van der Waals surface area contributed by atoms with Crippen LogP contribution in [0.25, 0.3) is 0 Å². The molecule has 0 aromatic heterocycles. The summed E-state index contributed by atoms with van der Waals surface area (Å²) >= 11 is 1.87. The number of anilines is 1. The molecule has 1 amide bonds. The maximum absolute atomic E-state index is 13.2. The van der Waals surface area contributed by atoms with E-state index in [1.54, 1.807) is 0 Å². The number of amides is 1. The minimum atomic E-state index is 0.0761. The lowest BCUT2D eigenvalue weighted by molar-refractivity contribution is -0.119. The third kappa shape index (κ3) is 4.05. The van der Waals surface area contributed by atoms with E-state index in [2.05, 4.69) is 54.3 Å². The normalized spacial score (nSPS) is 25.9. The van der Waals surface area contributed by atoms with Crippen LogP contribution in [0, 0.1) is 0 Å². The number of para-hydroxylation sites is 1. The third-order valence-electron chi connectivity index (χ3n) is 5.57. The Morgan fingerprint density at radius 2 is 1.85 bits per heavy atom. The first-order valence-electron chi connectivity index (χ1n) is 9.71. The van der Waals surface area contributed by atoms with Gasteiger partial charge in [0.15, 0.2) is 0 Å². The van der Waals surface area contributed by atoms with Gasteiger partial charge < -0.3 is 10.6 Å². The van der Waals surface area contributed by atoms with Gasteiger partial charge in [-0.1, -0.05) is 49.4 Å². The van der Waals surface area contributed by atoms with E-state index in [0.29, 0.717) is 17.7 Å². The van der Waals surface area contributed by atoms with Crippen LogP contribution in [0.1, 0.15) is 24.8 Å². The number of hydrogen-bond donors (Lipinski definition) is 1. The van der Waals surface area contributed by atoms with E-state index in [1.165, 1.54) is 10.5 Å². The van der Waals surface area contributed by atoms with Crippen molar-refractivity contribution in [2.24, 2.45) is 5.73 Å². The molecule has 0 bridgehead atoms. The van der Waals surface area contributed by atoms with Gasteiger partial charge in [-0.15, -0.1) is 11.8 Å². The van der Waals surface area contributed by atoms with Crippen molar-refractivity contribution in [3.63, 3.8) is 0 Å². The van der Waals surface area contributed by atoms with Crippen molar-refractivity contribution in [2.75, 3.05) is 31.1 Å². The Kier molecular flexibility index (Phi) is 5.53. The molecule has 1 unspecified atom stereocenters. The fourth-order valence-corrected chi connectivity index (χ4v) is 5.23. The van der Waals surface area contributed by atoms with Gasteiger partial charge in [-0.25, -0.2) is 0 Å². The molecule has 0 aliphatic carbocycles. The molecule has 2 aromatic rings. The molecule has 4 nitrogen and oxygen atoms in total. The molecular formula is C22H27N3OS. The topological polar surface area (TPSA) is 49.6 Å². The van der Waals surface area contributed by atoms with Gasteiger partial charge in [0.05, 0.1) is 12.2 Å². The molecule has 2 aliphatic rings. The quantitative estimate of drug-likeness (QED) is 0.886. The van der Waals surface area contributed by atoms with Crippen LogP contribution in [-0.4, -0.2) is 48.3 Å². The molecule has 0 radical (unpaired) electrons. The van der Waals surface area contributed by atoms with E-state index >= 15 is 0 Å². The van der Waals surface area contributed by atoms with E-state index in [-0.39, 0.29) is 11.9 Å². The highest BCUT2D eigenvalue weighted by molar-refractivity contribution is 8.00. The number of carbonyl (C=O) groups excluding carboxylic acids is 1. The van der Waals surface area contributed by atoms with Crippen molar-refractivity contribution in [3.05, 3.63) is 60.2 Å². The molecule has 5 heteroatoms. The van der Waals surface area contributed by atoms with Crippen LogP contribution in [0.2, 0.25) is 0 Å². The van der Waals surface area contributed by atoms with E-state index in [1.807, 2.05) is 28.8 Å². The zero-order valence-corrected chi connectivity index (χ0v) is 16.6. The standard InChI is InChI=1S/C22H27N3OS/c1-16-11-12-25(20-9-5-6-10-21(20)27-16)22(26)15-24-13-18(19(23)14-24)17-7-3-2-4-8-17/h2-10,16,18-19H,11-15,23H2,1H3/t16?,18-,19+/m0/s1. The maximum Gasteiger partial charge on any atom is 0.241 e. The number of likely N-dealkylation sites (tertiary alicyclic amines) is 1. The average Bonchev–Trinajstić information content (AvgIpc) is 2.94. The van der Waals surface area contributed by atoms with Gasteiger partial charge in [0.1, 0.15) is 0 Å². The van der Waals surface area contributed by atoms with Gasteiger partial charge in [-0.3, -0.25) is 9.69 Å². The highest BCUT2D eigenvalue weighted by atomic mass is 32.2. The van der Waals surface area contributed by atoms with Gasteiger partial charge in [0.2, 0.25) is 5.91 Å². The average molecular weight is 382 g/mol. The Labute approximate surface area is 165 Å². The molecular weight excluding hydrogens is 354 g/mol. The molecule has 1 saturated heterocycles. The van der Waals surface area contributed by atoms with Gasteiger partial charge in [-0.05, 0) is 24.1 Å². The Balaban J connectivity index is 1.47. The second kappa shape index (κ2) is 8.05. The molecule has 2 aliphatic heterocycles. The van der Waals surface area contributed by atoms with Crippen LogP contribution in [0.5, 0.6) is 0 Å². The van der Waals surface area contributed by atoms with E-state index in [9.17, 15) is 4.79 Å². The summed E-state index contributed by atoms with van der Waals surface area (Å²) in [6.45, 7) is 5.07. The van der Waals surface area contributed by atoms with E-state index in [0.717, 1.165) is 31.7 Å². The predicted molar refractivity (Wildman–Crippen MR) is 112 cm³/mol. The van der Waals surface area contributed by atoms with Crippen LogP contribution >= 0.6 is 11.8 Å². The van der Waals surface area contributed by atoms with Crippen molar-refractivity contribution in [3.8, 4) is 0 Å². The first-order chi connectivity index (χ1) is 13.1.